The summed E-state index contributed by atoms with van der Waals surface area (Å²) >= 11 is 0. The van der Waals surface area contributed by atoms with Crippen molar-refractivity contribution in [3.05, 3.63) is 82.6 Å². The molecule has 0 bridgehead atoms. The van der Waals surface area contributed by atoms with Crippen LogP contribution in [-0.2, 0) is 0 Å². The van der Waals surface area contributed by atoms with Gasteiger partial charge in [0.15, 0.2) is 0 Å². The van der Waals surface area contributed by atoms with Crippen molar-refractivity contribution >= 4 is 35.3 Å². The molecule has 2 aromatic rings. The molecule has 0 saturated heterocycles. The van der Waals surface area contributed by atoms with E-state index < -0.39 is 9.85 Å². The second kappa shape index (κ2) is 21.4. The number of phenolic OH excluding ortho intramolecular Hbond substituents is 2. The van der Waals surface area contributed by atoms with Gasteiger partial charge in [0.05, 0.1) is 9.85 Å². The molecule has 4 radical (unpaired) electrons. The van der Waals surface area contributed by atoms with Crippen molar-refractivity contribution in [2.24, 2.45) is 0 Å². The molecule has 10 nitrogen and oxygen atoms in total. The maximum Gasteiger partial charge on any atom is 2.00 e. The normalized spacial score (nSPS) is 9.21. The van der Waals surface area contributed by atoms with Gasteiger partial charge < -0.3 is 20.0 Å². The Hall–Kier alpha value is -2.44. The Kier molecular flexibility index (Phi) is 22.8. The molecule has 0 fully saturated rings. The molecule has 0 amide bonds. The first-order chi connectivity index (χ1) is 14.9. The zero-order valence-electron chi connectivity index (χ0n) is 19.7. The summed E-state index contributed by atoms with van der Waals surface area (Å²) in [5, 5.41) is 37.5. The molecule has 0 atom stereocenters. The Balaban J connectivity index is -0.000000372. The first-order valence-electron chi connectivity index (χ1n) is 9.69. The summed E-state index contributed by atoms with van der Waals surface area (Å²) in [6.45, 7) is 9.56. The van der Waals surface area contributed by atoms with Gasteiger partial charge in [0.25, 0.3) is 11.4 Å². The molecule has 0 unspecified atom stereocenters. The Labute approximate surface area is 213 Å². The molecular weight excluding hydrogens is 535 g/mol. The van der Waals surface area contributed by atoms with Crippen LogP contribution < -0.4 is 0 Å². The topological polar surface area (TPSA) is 133 Å². The van der Waals surface area contributed by atoms with Crippen molar-refractivity contribution < 1.29 is 20.1 Å². The molecular formula is C22H34N4O6Sn+2. The number of rotatable bonds is 6. The fourth-order valence-electron chi connectivity index (χ4n) is 1.78. The average Bonchev–Trinajstić information content (AvgIpc) is 2.70. The number of benzene rings is 2. The second-order valence-electron chi connectivity index (χ2n) is 6.86. The van der Waals surface area contributed by atoms with Crippen LogP contribution in [0.5, 0.6) is 11.5 Å². The predicted molar refractivity (Wildman–Crippen MR) is 132 cm³/mol. The predicted octanol–water partition coefficient (Wildman–Crippen LogP) is 3.76. The number of nitro benzene ring substituents is 2. The molecule has 0 aliphatic carbocycles. The summed E-state index contributed by atoms with van der Waals surface area (Å²) in [6.07, 6.45) is 2.01. The summed E-state index contributed by atoms with van der Waals surface area (Å²) < 4.78 is 0. The van der Waals surface area contributed by atoms with Crippen molar-refractivity contribution in [2.75, 3.05) is 41.3 Å². The first-order valence-corrected chi connectivity index (χ1v) is 9.69. The zero-order chi connectivity index (χ0) is 25.1. The van der Waals surface area contributed by atoms with Crippen molar-refractivity contribution in [3.63, 3.8) is 0 Å². The molecule has 0 aliphatic heterocycles. The molecule has 0 spiro atoms. The molecule has 2 rings (SSSR count). The van der Waals surface area contributed by atoms with Crippen molar-refractivity contribution in [1.82, 2.24) is 9.80 Å². The van der Waals surface area contributed by atoms with Crippen LogP contribution in [0, 0.1) is 34.1 Å². The number of hydrogen-bond acceptors (Lipinski definition) is 8. The van der Waals surface area contributed by atoms with E-state index in [4.69, 9.17) is 10.2 Å². The minimum atomic E-state index is -0.514. The summed E-state index contributed by atoms with van der Waals surface area (Å²) in [5.74, 6) is 0.0659. The van der Waals surface area contributed by atoms with Gasteiger partial charge in [-0.2, -0.15) is 0 Å². The number of nitro groups is 2. The fraction of sp³-hybridized carbons (Fsp3) is 0.364. The Morgan fingerprint density at radius 3 is 1.06 bits per heavy atom. The van der Waals surface area contributed by atoms with Crippen molar-refractivity contribution in [2.45, 2.75) is 12.8 Å². The van der Waals surface area contributed by atoms with Crippen molar-refractivity contribution in [3.8, 4) is 11.5 Å². The maximum atomic E-state index is 10.0. The minimum Gasteiger partial charge on any atom is -0.508 e. The molecule has 33 heavy (non-hydrogen) atoms. The summed E-state index contributed by atoms with van der Waals surface area (Å²) in [6, 6.07) is 10.1. The largest absolute Gasteiger partial charge is 2.00 e. The molecule has 0 heterocycles. The van der Waals surface area contributed by atoms with Gasteiger partial charge in [0.1, 0.15) is 11.5 Å². The van der Waals surface area contributed by atoms with Crippen LogP contribution in [0.4, 0.5) is 11.4 Å². The van der Waals surface area contributed by atoms with Crippen LogP contribution in [0.25, 0.3) is 0 Å². The van der Waals surface area contributed by atoms with Gasteiger partial charge in [-0.25, -0.2) is 0 Å². The Bertz CT molecular complexity index is 691. The summed E-state index contributed by atoms with van der Waals surface area (Å²) in [7, 11) is 8.19. The van der Waals surface area contributed by atoms with Crippen LogP contribution in [0.2, 0.25) is 0 Å². The van der Waals surface area contributed by atoms with Gasteiger partial charge in [0.2, 0.25) is 0 Å². The van der Waals surface area contributed by atoms with Gasteiger partial charge in [-0.1, -0.05) is 13.8 Å². The quantitative estimate of drug-likeness (QED) is 0.305. The third-order valence-electron chi connectivity index (χ3n) is 3.33. The van der Waals surface area contributed by atoms with Crippen LogP contribution in [0.1, 0.15) is 12.8 Å². The number of aromatic hydroxyl groups is 2. The Morgan fingerprint density at radius 1 is 0.697 bits per heavy atom. The van der Waals surface area contributed by atoms with Crippen LogP contribution in [0.15, 0.2) is 48.5 Å². The van der Waals surface area contributed by atoms with E-state index in [9.17, 15) is 20.2 Å². The van der Waals surface area contributed by atoms with Crippen LogP contribution in [0.3, 0.4) is 0 Å². The average molecular weight is 569 g/mol. The smallest absolute Gasteiger partial charge is 0.508 e. The van der Waals surface area contributed by atoms with E-state index in [1.165, 1.54) is 48.5 Å². The summed E-state index contributed by atoms with van der Waals surface area (Å²) in [5.41, 5.74) is -0.0319. The number of phenols is 2. The van der Waals surface area contributed by atoms with E-state index in [0.29, 0.717) is 0 Å². The molecule has 0 aromatic heterocycles. The van der Waals surface area contributed by atoms with Gasteiger partial charge in [0, 0.05) is 24.3 Å². The molecule has 0 saturated carbocycles. The molecule has 180 valence electrons. The number of nitrogens with zero attached hydrogens (tertiary/aromatic N) is 4. The second-order valence-corrected chi connectivity index (χ2v) is 6.86. The third kappa shape index (κ3) is 22.5. The van der Waals surface area contributed by atoms with E-state index in [1.807, 2.05) is 28.2 Å². The Morgan fingerprint density at radius 2 is 0.939 bits per heavy atom. The van der Waals surface area contributed by atoms with Crippen LogP contribution in [-0.4, -0.2) is 95.0 Å². The van der Waals surface area contributed by atoms with Gasteiger partial charge in [-0.15, -0.1) is 0 Å². The number of non-ortho nitro benzene ring substituents is 2. The molecule has 2 N–H and O–H groups in total. The third-order valence-corrected chi connectivity index (χ3v) is 3.33. The van der Waals surface area contributed by atoms with Crippen LogP contribution >= 0.6 is 0 Å². The van der Waals surface area contributed by atoms with Crippen molar-refractivity contribution in [1.29, 1.82) is 0 Å². The van der Waals surface area contributed by atoms with Gasteiger partial charge >= 0.3 is 23.9 Å². The van der Waals surface area contributed by atoms with E-state index in [-0.39, 0.29) is 46.8 Å². The van der Waals surface area contributed by atoms with E-state index in [2.05, 4.69) is 23.6 Å². The number of hydrogen-bond donors (Lipinski definition) is 2. The van der Waals surface area contributed by atoms with E-state index in [0.717, 1.165) is 25.9 Å². The van der Waals surface area contributed by atoms with E-state index >= 15 is 0 Å². The summed E-state index contributed by atoms with van der Waals surface area (Å²) in [4.78, 5) is 23.3. The van der Waals surface area contributed by atoms with Gasteiger partial charge in [-0.05, 0) is 78.4 Å². The first kappa shape index (κ1) is 35.2. The standard InChI is InChI=1S/2C6H5NO3.2C5H12N.Sn/c2*8-6-3-1-5(2-4-6)7(9)10;2*1-4-5-6(2)3;/h2*1-4,8H;2*1,4-5H2,2-3H3;/q;;;;+2. The molecule has 0 aliphatic rings. The zero-order valence-corrected chi connectivity index (χ0v) is 22.5. The maximum absolute atomic E-state index is 10.0. The SMILES string of the molecule is O=[N+]([O-])c1ccc(O)cc1.O=[N+]([O-])c1ccc(O)cc1.[CH2]CCN(C)C.[CH2]CCN(C)C.[Sn+2]. The molecule has 11 heteroatoms. The molecule has 2 aromatic carbocycles. The minimum absolute atomic E-state index is 0. The fourth-order valence-corrected chi connectivity index (χ4v) is 1.78. The van der Waals surface area contributed by atoms with E-state index in [1.54, 1.807) is 0 Å². The van der Waals surface area contributed by atoms with Gasteiger partial charge in [-0.3, -0.25) is 20.2 Å². The monoisotopic (exact) mass is 570 g/mol.